The molecule has 0 bridgehead atoms. The summed E-state index contributed by atoms with van der Waals surface area (Å²) in [6.45, 7) is 0. The zero-order valence-electron chi connectivity index (χ0n) is 8.76. The second-order valence-electron chi connectivity index (χ2n) is 3.21. The largest absolute Gasteiger partial charge is 0.271 e. The minimum atomic E-state index is -0.232. The molecule has 0 unspecified atom stereocenters. The van der Waals surface area contributed by atoms with E-state index >= 15 is 0 Å². The summed E-state index contributed by atoms with van der Waals surface area (Å²) in [4.78, 5) is 12.5. The topological polar surface area (TPSA) is 41.5 Å². The highest BCUT2D eigenvalue weighted by atomic mass is 35.5. The molecule has 0 aliphatic rings. The Bertz CT molecular complexity index is 536. The second-order valence-corrected chi connectivity index (χ2v) is 4.95. The monoisotopic (exact) mass is 264 g/mol. The van der Waals surface area contributed by atoms with Crippen LogP contribution < -0.4 is 5.43 Å². The normalized spacial score (nSPS) is 10.6. The summed E-state index contributed by atoms with van der Waals surface area (Å²) < 4.78 is 0.695. The molecule has 1 amide bonds. The van der Waals surface area contributed by atoms with E-state index in [9.17, 15) is 4.79 Å². The van der Waals surface area contributed by atoms with Crippen molar-refractivity contribution in [2.24, 2.45) is 5.10 Å². The lowest BCUT2D eigenvalue weighted by Crippen LogP contribution is -2.17. The summed E-state index contributed by atoms with van der Waals surface area (Å²) in [6.07, 6.45) is 1.57. The van der Waals surface area contributed by atoms with E-state index in [0.29, 0.717) is 9.90 Å². The molecule has 1 N–H and O–H groups in total. The number of hydrogen-bond acceptors (Lipinski definition) is 3. The number of thiophene rings is 1. The number of nitrogens with one attached hydrogen (secondary N) is 1. The molecule has 0 aliphatic heterocycles. The molecule has 3 nitrogen and oxygen atoms in total. The van der Waals surface area contributed by atoms with Crippen molar-refractivity contribution in [1.82, 2.24) is 5.43 Å². The van der Waals surface area contributed by atoms with Crippen molar-refractivity contribution >= 4 is 35.1 Å². The fourth-order valence-electron chi connectivity index (χ4n) is 1.21. The minimum absolute atomic E-state index is 0.232. The van der Waals surface area contributed by atoms with Crippen LogP contribution in [0.2, 0.25) is 4.34 Å². The Morgan fingerprint density at radius 3 is 2.65 bits per heavy atom. The standard InChI is InChI=1S/C12H9ClN2OS/c13-11-7-6-10(17-11)8-14-15-12(16)9-4-2-1-3-5-9/h1-8H,(H,15,16). The van der Waals surface area contributed by atoms with Gasteiger partial charge in [-0.2, -0.15) is 5.10 Å². The Labute approximate surface area is 108 Å². The maximum absolute atomic E-state index is 11.6. The van der Waals surface area contributed by atoms with Gasteiger partial charge in [0.05, 0.1) is 10.6 Å². The highest BCUT2D eigenvalue weighted by molar-refractivity contribution is 7.17. The van der Waals surface area contributed by atoms with Crippen LogP contribution in [0.5, 0.6) is 0 Å². The van der Waals surface area contributed by atoms with Crippen molar-refractivity contribution < 1.29 is 4.79 Å². The summed E-state index contributed by atoms with van der Waals surface area (Å²) in [7, 11) is 0. The SMILES string of the molecule is O=C(NN=Cc1ccc(Cl)s1)c1ccccc1. The van der Waals surface area contributed by atoms with E-state index in [1.54, 1.807) is 36.5 Å². The van der Waals surface area contributed by atoms with Crippen molar-refractivity contribution in [2.75, 3.05) is 0 Å². The van der Waals surface area contributed by atoms with Gasteiger partial charge in [-0.15, -0.1) is 11.3 Å². The van der Waals surface area contributed by atoms with Gasteiger partial charge in [-0.05, 0) is 24.3 Å². The first-order chi connectivity index (χ1) is 8.25. The van der Waals surface area contributed by atoms with Gasteiger partial charge in [0.1, 0.15) is 0 Å². The Kier molecular flexibility index (Phi) is 3.90. The van der Waals surface area contributed by atoms with Crippen LogP contribution in [0.15, 0.2) is 47.6 Å². The molecule has 17 heavy (non-hydrogen) atoms. The molecule has 0 spiro atoms. The number of carbonyl (C=O) groups is 1. The predicted octanol–water partition coefficient (Wildman–Crippen LogP) is 3.17. The van der Waals surface area contributed by atoms with E-state index in [1.165, 1.54) is 11.3 Å². The fraction of sp³-hybridized carbons (Fsp3) is 0. The number of hydrogen-bond donors (Lipinski definition) is 1. The van der Waals surface area contributed by atoms with Crippen molar-refractivity contribution in [1.29, 1.82) is 0 Å². The van der Waals surface area contributed by atoms with Gasteiger partial charge in [0, 0.05) is 10.4 Å². The molecule has 0 aliphatic carbocycles. The van der Waals surface area contributed by atoms with E-state index in [4.69, 9.17) is 11.6 Å². The second kappa shape index (κ2) is 5.61. The molecular weight excluding hydrogens is 256 g/mol. The van der Waals surface area contributed by atoms with Gasteiger partial charge in [-0.25, -0.2) is 5.43 Å². The number of nitrogens with zero attached hydrogens (tertiary/aromatic N) is 1. The molecule has 1 heterocycles. The fourth-order valence-corrected chi connectivity index (χ4v) is 2.14. The van der Waals surface area contributed by atoms with Gasteiger partial charge in [-0.3, -0.25) is 4.79 Å². The van der Waals surface area contributed by atoms with E-state index in [1.807, 2.05) is 12.1 Å². The van der Waals surface area contributed by atoms with Crippen LogP contribution in [-0.4, -0.2) is 12.1 Å². The summed E-state index contributed by atoms with van der Waals surface area (Å²) in [5.74, 6) is -0.232. The Morgan fingerprint density at radius 2 is 2.00 bits per heavy atom. The van der Waals surface area contributed by atoms with Crippen molar-refractivity contribution in [3.8, 4) is 0 Å². The van der Waals surface area contributed by atoms with Crippen LogP contribution in [0.4, 0.5) is 0 Å². The number of amides is 1. The molecule has 1 aromatic carbocycles. The third-order valence-corrected chi connectivity index (χ3v) is 3.15. The average molecular weight is 265 g/mol. The minimum Gasteiger partial charge on any atom is -0.267 e. The smallest absolute Gasteiger partial charge is 0.267 e. The summed E-state index contributed by atoms with van der Waals surface area (Å²) in [5.41, 5.74) is 3.03. The number of benzene rings is 1. The van der Waals surface area contributed by atoms with E-state index < -0.39 is 0 Å². The Morgan fingerprint density at radius 1 is 1.24 bits per heavy atom. The van der Waals surface area contributed by atoms with Gasteiger partial charge in [-0.1, -0.05) is 29.8 Å². The van der Waals surface area contributed by atoms with E-state index in [2.05, 4.69) is 10.5 Å². The van der Waals surface area contributed by atoms with Gasteiger partial charge >= 0.3 is 0 Å². The molecule has 1 aromatic heterocycles. The lowest BCUT2D eigenvalue weighted by Gasteiger charge is -1.97. The van der Waals surface area contributed by atoms with Crippen molar-refractivity contribution in [2.45, 2.75) is 0 Å². The van der Waals surface area contributed by atoms with E-state index in [-0.39, 0.29) is 5.91 Å². The molecule has 0 radical (unpaired) electrons. The first-order valence-corrected chi connectivity index (χ1v) is 6.09. The third-order valence-electron chi connectivity index (χ3n) is 1.99. The van der Waals surface area contributed by atoms with Crippen LogP contribution in [-0.2, 0) is 0 Å². The molecule has 5 heteroatoms. The summed E-state index contributed by atoms with van der Waals surface area (Å²) >= 11 is 7.17. The molecule has 0 fully saturated rings. The number of carbonyl (C=O) groups excluding carboxylic acids is 1. The number of rotatable bonds is 3. The molecule has 0 saturated carbocycles. The number of halogens is 1. The summed E-state index contributed by atoms with van der Waals surface area (Å²) in [6, 6.07) is 12.5. The summed E-state index contributed by atoms with van der Waals surface area (Å²) in [5, 5.41) is 3.86. The van der Waals surface area contributed by atoms with Gasteiger partial charge in [0.15, 0.2) is 0 Å². The molecule has 2 aromatic rings. The van der Waals surface area contributed by atoms with Crippen LogP contribution in [0.25, 0.3) is 0 Å². The number of hydrazone groups is 1. The Balaban J connectivity index is 1.95. The highest BCUT2D eigenvalue weighted by Crippen LogP contribution is 2.19. The predicted molar refractivity (Wildman–Crippen MR) is 70.8 cm³/mol. The lowest BCUT2D eigenvalue weighted by molar-refractivity contribution is 0.0955. The third kappa shape index (κ3) is 3.41. The molecule has 0 saturated heterocycles. The molecular formula is C12H9ClN2OS. The van der Waals surface area contributed by atoms with Crippen LogP contribution in [0, 0.1) is 0 Å². The van der Waals surface area contributed by atoms with Crippen LogP contribution in [0.3, 0.4) is 0 Å². The highest BCUT2D eigenvalue weighted by Gasteiger charge is 2.01. The zero-order chi connectivity index (χ0) is 12.1. The maximum Gasteiger partial charge on any atom is 0.271 e. The maximum atomic E-state index is 11.6. The van der Waals surface area contributed by atoms with Crippen molar-refractivity contribution in [3.63, 3.8) is 0 Å². The Hall–Kier alpha value is -1.65. The first-order valence-electron chi connectivity index (χ1n) is 4.89. The first kappa shape index (κ1) is 11.8. The van der Waals surface area contributed by atoms with Gasteiger partial charge in [0.2, 0.25) is 0 Å². The molecule has 86 valence electrons. The van der Waals surface area contributed by atoms with Gasteiger partial charge < -0.3 is 0 Å². The quantitative estimate of drug-likeness (QED) is 0.671. The van der Waals surface area contributed by atoms with E-state index in [0.717, 1.165) is 4.88 Å². The van der Waals surface area contributed by atoms with Crippen LogP contribution in [0.1, 0.15) is 15.2 Å². The lowest BCUT2D eigenvalue weighted by atomic mass is 10.2. The zero-order valence-corrected chi connectivity index (χ0v) is 10.3. The average Bonchev–Trinajstić information content (AvgIpc) is 2.76. The van der Waals surface area contributed by atoms with Crippen LogP contribution >= 0.6 is 22.9 Å². The van der Waals surface area contributed by atoms with Crippen molar-refractivity contribution in [3.05, 3.63) is 57.2 Å². The molecule has 0 atom stereocenters. The molecule has 2 rings (SSSR count). The van der Waals surface area contributed by atoms with Gasteiger partial charge in [0.25, 0.3) is 5.91 Å².